The Morgan fingerprint density at radius 1 is 1.19 bits per heavy atom. The van der Waals surface area contributed by atoms with Crippen LogP contribution in [0.1, 0.15) is 16.2 Å². The van der Waals surface area contributed by atoms with Crippen LogP contribution >= 0.6 is 11.6 Å². The molecule has 0 saturated heterocycles. The fourth-order valence-corrected chi connectivity index (χ4v) is 2.12. The first kappa shape index (κ1) is 17.9. The van der Waals surface area contributed by atoms with Crippen LogP contribution < -0.4 is 4.74 Å². The number of ether oxygens (including phenoxy) is 1. The number of Topliss-reactive ketones (excluding diaryl/α,β-unsaturated/α-hetero) is 1. The highest BCUT2D eigenvalue weighted by atomic mass is 35.5. The third kappa shape index (κ3) is 3.99. The Labute approximate surface area is 149 Å². The molecule has 2 aromatic heterocycles. The van der Waals surface area contributed by atoms with E-state index in [0.717, 1.165) is 0 Å². The SMILES string of the molecule is O=C(COc1cnccc1Cl)c1ccc(-c2noc(C(F)(F)F)n2)cc1. The van der Waals surface area contributed by atoms with E-state index >= 15 is 0 Å². The summed E-state index contributed by atoms with van der Waals surface area (Å²) in [4.78, 5) is 19.2. The Kier molecular flexibility index (Phi) is 4.90. The van der Waals surface area contributed by atoms with Gasteiger partial charge in [0.05, 0.1) is 11.2 Å². The number of rotatable bonds is 5. The summed E-state index contributed by atoms with van der Waals surface area (Å²) in [6, 6.07) is 7.20. The van der Waals surface area contributed by atoms with Crippen molar-refractivity contribution in [2.75, 3.05) is 6.61 Å². The van der Waals surface area contributed by atoms with Crippen LogP contribution in [0.5, 0.6) is 5.75 Å². The summed E-state index contributed by atoms with van der Waals surface area (Å²) in [7, 11) is 0. The Hall–Kier alpha value is -2.94. The number of carbonyl (C=O) groups excluding carboxylic acids is 1. The lowest BCUT2D eigenvalue weighted by Gasteiger charge is -2.06. The molecule has 0 spiro atoms. The molecule has 0 aliphatic rings. The highest BCUT2D eigenvalue weighted by Gasteiger charge is 2.38. The molecule has 0 aliphatic heterocycles. The number of hydrogen-bond donors (Lipinski definition) is 0. The number of benzene rings is 1. The van der Waals surface area contributed by atoms with Crippen LogP contribution in [0.3, 0.4) is 0 Å². The minimum absolute atomic E-state index is 0.227. The molecule has 3 aromatic rings. The Morgan fingerprint density at radius 3 is 2.54 bits per heavy atom. The van der Waals surface area contributed by atoms with E-state index in [1.807, 2.05) is 0 Å². The van der Waals surface area contributed by atoms with Gasteiger partial charge in [0.15, 0.2) is 18.1 Å². The zero-order valence-electron chi connectivity index (χ0n) is 12.8. The summed E-state index contributed by atoms with van der Waals surface area (Å²) in [6.45, 7) is -0.273. The van der Waals surface area contributed by atoms with Crippen molar-refractivity contribution in [3.05, 3.63) is 59.2 Å². The van der Waals surface area contributed by atoms with Gasteiger partial charge in [0.1, 0.15) is 0 Å². The third-order valence-corrected chi connectivity index (χ3v) is 3.54. The minimum Gasteiger partial charge on any atom is -0.482 e. The van der Waals surface area contributed by atoms with E-state index in [0.29, 0.717) is 10.6 Å². The molecule has 0 amide bonds. The molecule has 1 aromatic carbocycles. The van der Waals surface area contributed by atoms with Crippen LogP contribution in [-0.4, -0.2) is 27.5 Å². The monoisotopic (exact) mass is 383 g/mol. The van der Waals surface area contributed by atoms with E-state index in [9.17, 15) is 18.0 Å². The zero-order valence-corrected chi connectivity index (χ0v) is 13.6. The molecular weight excluding hydrogens is 375 g/mol. The maximum atomic E-state index is 12.5. The maximum Gasteiger partial charge on any atom is 0.471 e. The number of carbonyl (C=O) groups is 1. The van der Waals surface area contributed by atoms with E-state index in [4.69, 9.17) is 16.3 Å². The number of ketones is 1. The molecule has 0 unspecified atom stereocenters. The number of aromatic nitrogens is 3. The molecule has 0 aliphatic carbocycles. The molecule has 0 fully saturated rings. The number of halogens is 4. The molecule has 2 heterocycles. The van der Waals surface area contributed by atoms with Crippen molar-refractivity contribution < 1.29 is 27.2 Å². The molecule has 0 N–H and O–H groups in total. The first-order valence-corrected chi connectivity index (χ1v) is 7.49. The van der Waals surface area contributed by atoms with Gasteiger partial charge in [-0.15, -0.1) is 0 Å². The second-order valence-electron chi connectivity index (χ2n) is 5.02. The first-order chi connectivity index (χ1) is 12.3. The van der Waals surface area contributed by atoms with Crippen LogP contribution in [0.4, 0.5) is 13.2 Å². The molecule has 0 bridgehead atoms. The molecule has 0 saturated carbocycles. The van der Waals surface area contributed by atoms with Gasteiger partial charge in [0.25, 0.3) is 0 Å². The standard InChI is InChI=1S/C16H9ClF3N3O3/c17-11-5-6-21-7-13(11)25-8-12(24)9-1-3-10(4-2-9)14-22-15(26-23-14)16(18,19)20/h1-7H,8H2. The van der Waals surface area contributed by atoms with Gasteiger partial charge in [-0.05, 0) is 6.07 Å². The summed E-state index contributed by atoms with van der Waals surface area (Å²) >= 11 is 5.90. The van der Waals surface area contributed by atoms with Crippen LogP contribution in [0, 0.1) is 0 Å². The highest BCUT2D eigenvalue weighted by molar-refractivity contribution is 6.32. The average molecular weight is 384 g/mol. The maximum absolute atomic E-state index is 12.5. The number of hydrogen-bond acceptors (Lipinski definition) is 6. The molecule has 10 heteroatoms. The van der Waals surface area contributed by atoms with Gasteiger partial charge in [0.2, 0.25) is 5.82 Å². The van der Waals surface area contributed by atoms with Crippen molar-refractivity contribution in [2.24, 2.45) is 0 Å². The van der Waals surface area contributed by atoms with Crippen LogP contribution in [-0.2, 0) is 6.18 Å². The summed E-state index contributed by atoms with van der Waals surface area (Å²) in [5.74, 6) is -1.74. The lowest BCUT2D eigenvalue weighted by Crippen LogP contribution is -2.11. The predicted molar refractivity (Wildman–Crippen MR) is 83.8 cm³/mol. The predicted octanol–water partition coefficient (Wildman–Crippen LogP) is 4.07. The average Bonchev–Trinajstić information content (AvgIpc) is 3.11. The molecule has 26 heavy (non-hydrogen) atoms. The van der Waals surface area contributed by atoms with Crippen molar-refractivity contribution >= 4 is 17.4 Å². The highest BCUT2D eigenvalue weighted by Crippen LogP contribution is 2.29. The van der Waals surface area contributed by atoms with E-state index in [2.05, 4.69) is 19.6 Å². The van der Waals surface area contributed by atoms with Crippen molar-refractivity contribution in [1.82, 2.24) is 15.1 Å². The second-order valence-corrected chi connectivity index (χ2v) is 5.42. The Morgan fingerprint density at radius 2 is 1.92 bits per heavy atom. The molecule has 0 atom stereocenters. The molecule has 0 radical (unpaired) electrons. The minimum atomic E-state index is -4.72. The van der Waals surface area contributed by atoms with Gasteiger partial charge < -0.3 is 9.26 Å². The topological polar surface area (TPSA) is 78.1 Å². The van der Waals surface area contributed by atoms with E-state index < -0.39 is 12.1 Å². The van der Waals surface area contributed by atoms with Crippen molar-refractivity contribution in [1.29, 1.82) is 0 Å². The largest absolute Gasteiger partial charge is 0.482 e. The summed E-state index contributed by atoms with van der Waals surface area (Å²) < 4.78 is 46.9. The van der Waals surface area contributed by atoms with Gasteiger partial charge in [-0.1, -0.05) is 41.0 Å². The quantitative estimate of drug-likeness (QED) is 0.618. The Balaban J connectivity index is 1.68. The normalized spacial score (nSPS) is 11.4. The summed E-state index contributed by atoms with van der Waals surface area (Å²) in [6.07, 6.45) is -1.85. The van der Waals surface area contributed by atoms with Gasteiger partial charge in [-0.3, -0.25) is 9.78 Å². The molecule has 6 nitrogen and oxygen atoms in total. The van der Waals surface area contributed by atoms with E-state index in [1.54, 1.807) is 0 Å². The number of alkyl halides is 3. The van der Waals surface area contributed by atoms with Crippen LogP contribution in [0.15, 0.2) is 47.2 Å². The zero-order chi connectivity index (χ0) is 18.7. The molecule has 3 rings (SSSR count). The smallest absolute Gasteiger partial charge is 0.471 e. The molecular formula is C16H9ClF3N3O3. The Bertz CT molecular complexity index is 926. The lowest BCUT2D eigenvalue weighted by molar-refractivity contribution is -0.159. The van der Waals surface area contributed by atoms with Gasteiger partial charge in [0, 0.05) is 17.3 Å². The first-order valence-electron chi connectivity index (χ1n) is 7.11. The number of nitrogens with zero attached hydrogens (tertiary/aromatic N) is 3. The summed E-state index contributed by atoms with van der Waals surface area (Å²) in [5, 5.41) is 3.60. The van der Waals surface area contributed by atoms with Gasteiger partial charge in [-0.2, -0.15) is 18.2 Å². The van der Waals surface area contributed by atoms with Crippen molar-refractivity contribution in [3.63, 3.8) is 0 Å². The summed E-state index contributed by atoms with van der Waals surface area (Å²) in [5.41, 5.74) is 0.574. The van der Waals surface area contributed by atoms with Crippen molar-refractivity contribution in [2.45, 2.75) is 6.18 Å². The van der Waals surface area contributed by atoms with Gasteiger partial charge in [-0.25, -0.2) is 0 Å². The fraction of sp³-hybridized carbons (Fsp3) is 0.125. The second kappa shape index (κ2) is 7.12. The van der Waals surface area contributed by atoms with Gasteiger partial charge >= 0.3 is 12.1 Å². The van der Waals surface area contributed by atoms with Crippen LogP contribution in [0.2, 0.25) is 5.02 Å². The van der Waals surface area contributed by atoms with E-state index in [1.165, 1.54) is 42.7 Å². The lowest BCUT2D eigenvalue weighted by atomic mass is 10.1. The molecule has 134 valence electrons. The fourth-order valence-electron chi connectivity index (χ4n) is 1.96. The third-order valence-electron chi connectivity index (χ3n) is 3.23. The van der Waals surface area contributed by atoms with Crippen LogP contribution in [0.25, 0.3) is 11.4 Å². The van der Waals surface area contributed by atoms with E-state index in [-0.39, 0.29) is 29.5 Å². The number of pyridine rings is 1. The van der Waals surface area contributed by atoms with Crippen molar-refractivity contribution in [3.8, 4) is 17.1 Å².